The van der Waals surface area contributed by atoms with Gasteiger partial charge in [0.1, 0.15) is 0 Å². The Morgan fingerprint density at radius 2 is 1.68 bits per heavy atom. The Labute approximate surface area is 166 Å². The third-order valence-electron chi connectivity index (χ3n) is 6.56. The van der Waals surface area contributed by atoms with Crippen LogP contribution in [0.2, 0.25) is 0 Å². The molecule has 142 valence electrons. The molecule has 0 amide bonds. The molecule has 2 unspecified atom stereocenters. The molecule has 5 rings (SSSR count). The first-order chi connectivity index (χ1) is 13.7. The lowest BCUT2D eigenvalue weighted by molar-refractivity contribution is 0.146. The van der Waals surface area contributed by atoms with Crippen LogP contribution in [0.4, 0.5) is 5.82 Å². The summed E-state index contributed by atoms with van der Waals surface area (Å²) in [7, 11) is 0. The number of nitrogens with zero attached hydrogens (tertiary/aromatic N) is 4. The van der Waals surface area contributed by atoms with Crippen LogP contribution >= 0.6 is 0 Å². The monoisotopic (exact) mass is 370 g/mol. The van der Waals surface area contributed by atoms with E-state index in [9.17, 15) is 0 Å². The first-order valence-electron chi connectivity index (χ1n) is 10.2. The minimum absolute atomic E-state index is 0.204. The third-order valence-corrected chi connectivity index (χ3v) is 6.56. The quantitative estimate of drug-likeness (QED) is 0.687. The van der Waals surface area contributed by atoms with E-state index in [1.165, 1.54) is 18.5 Å². The van der Waals surface area contributed by atoms with Crippen molar-refractivity contribution in [3.05, 3.63) is 78.4 Å². The van der Waals surface area contributed by atoms with Gasteiger partial charge in [0.05, 0.1) is 5.69 Å². The molecule has 2 aliphatic heterocycles. The molecule has 0 saturated carbocycles. The van der Waals surface area contributed by atoms with Crippen LogP contribution in [0.1, 0.15) is 18.9 Å². The van der Waals surface area contributed by atoms with Gasteiger partial charge in [0.25, 0.3) is 0 Å². The molecule has 0 spiro atoms. The second kappa shape index (κ2) is 7.02. The summed E-state index contributed by atoms with van der Waals surface area (Å²) in [6, 6.07) is 25.3. The van der Waals surface area contributed by atoms with Gasteiger partial charge in [0, 0.05) is 30.7 Å². The molecule has 0 bridgehead atoms. The Kier molecular flexibility index (Phi) is 4.36. The van der Waals surface area contributed by atoms with Gasteiger partial charge >= 0.3 is 0 Å². The van der Waals surface area contributed by atoms with Crippen LogP contribution in [0.3, 0.4) is 0 Å². The second-order valence-corrected chi connectivity index (χ2v) is 8.27. The van der Waals surface area contributed by atoms with Crippen LogP contribution in [-0.4, -0.2) is 40.3 Å². The van der Waals surface area contributed by atoms with Crippen molar-refractivity contribution >= 4 is 5.82 Å². The second-order valence-electron chi connectivity index (χ2n) is 8.27. The maximum absolute atomic E-state index is 4.56. The fourth-order valence-electron chi connectivity index (χ4n) is 4.87. The maximum atomic E-state index is 4.56. The van der Waals surface area contributed by atoms with E-state index in [2.05, 4.69) is 81.5 Å². The minimum Gasteiger partial charge on any atom is -0.353 e. The lowest BCUT2D eigenvalue weighted by Gasteiger charge is -2.35. The molecular formula is C24H26N4. The molecule has 4 nitrogen and oxygen atoms in total. The summed E-state index contributed by atoms with van der Waals surface area (Å²) in [6.45, 7) is 6.73. The van der Waals surface area contributed by atoms with Gasteiger partial charge in [-0.15, -0.1) is 10.2 Å². The Morgan fingerprint density at radius 3 is 2.39 bits per heavy atom. The van der Waals surface area contributed by atoms with Gasteiger partial charge in [-0.05, 0) is 43.5 Å². The molecule has 2 aromatic carbocycles. The van der Waals surface area contributed by atoms with E-state index in [-0.39, 0.29) is 5.54 Å². The number of benzene rings is 2. The Hall–Kier alpha value is -2.72. The zero-order chi connectivity index (χ0) is 19.0. The van der Waals surface area contributed by atoms with Crippen molar-refractivity contribution in [2.45, 2.75) is 25.4 Å². The zero-order valence-electron chi connectivity index (χ0n) is 16.3. The molecule has 28 heavy (non-hydrogen) atoms. The smallest absolute Gasteiger partial charge is 0.151 e. The van der Waals surface area contributed by atoms with E-state index in [0.717, 1.165) is 36.7 Å². The highest BCUT2D eigenvalue weighted by Gasteiger charge is 2.51. The van der Waals surface area contributed by atoms with Crippen molar-refractivity contribution in [1.29, 1.82) is 0 Å². The van der Waals surface area contributed by atoms with Crippen LogP contribution in [0, 0.1) is 5.92 Å². The van der Waals surface area contributed by atoms with Crippen LogP contribution < -0.4 is 4.90 Å². The lowest BCUT2D eigenvalue weighted by Crippen LogP contribution is -2.46. The Balaban J connectivity index is 1.32. The SMILES string of the molecule is CC12CN(c3ccc(-c4ccccc4)nn3)CC1CCN2Cc1ccccc1. The molecule has 2 atom stereocenters. The van der Waals surface area contributed by atoms with Gasteiger partial charge < -0.3 is 4.90 Å². The van der Waals surface area contributed by atoms with Gasteiger partial charge in [-0.2, -0.15) is 0 Å². The van der Waals surface area contributed by atoms with Gasteiger partial charge in [0.15, 0.2) is 5.82 Å². The van der Waals surface area contributed by atoms with E-state index in [1.54, 1.807) is 0 Å². The predicted octanol–water partition coefficient (Wildman–Crippen LogP) is 4.24. The number of fused-ring (bicyclic) bond motifs is 1. The number of aromatic nitrogens is 2. The standard InChI is InChI=1S/C24H26N4/c1-24-18-27(23-13-12-22(25-26-23)20-10-6-3-7-11-20)17-21(24)14-15-28(24)16-19-8-4-2-5-9-19/h2-13,21H,14-18H2,1H3. The van der Waals surface area contributed by atoms with Gasteiger partial charge in [-0.3, -0.25) is 4.90 Å². The fraction of sp³-hybridized carbons (Fsp3) is 0.333. The normalized spacial score (nSPS) is 24.5. The van der Waals surface area contributed by atoms with Crippen molar-refractivity contribution in [3.63, 3.8) is 0 Å². The minimum atomic E-state index is 0.204. The number of anilines is 1. The van der Waals surface area contributed by atoms with Gasteiger partial charge in [-0.1, -0.05) is 60.7 Å². The molecule has 3 aromatic rings. The van der Waals surface area contributed by atoms with Crippen molar-refractivity contribution < 1.29 is 0 Å². The summed E-state index contributed by atoms with van der Waals surface area (Å²) < 4.78 is 0. The Bertz CT molecular complexity index is 926. The average Bonchev–Trinajstić information content (AvgIpc) is 3.24. The lowest BCUT2D eigenvalue weighted by atomic mass is 9.90. The van der Waals surface area contributed by atoms with E-state index in [1.807, 2.05) is 18.2 Å². The highest BCUT2D eigenvalue weighted by molar-refractivity contribution is 5.59. The summed E-state index contributed by atoms with van der Waals surface area (Å²) in [5, 5.41) is 9.05. The molecule has 3 heterocycles. The number of rotatable bonds is 4. The van der Waals surface area contributed by atoms with E-state index in [0.29, 0.717) is 5.92 Å². The highest BCUT2D eigenvalue weighted by atomic mass is 15.4. The van der Waals surface area contributed by atoms with Crippen molar-refractivity contribution in [3.8, 4) is 11.3 Å². The topological polar surface area (TPSA) is 32.3 Å². The summed E-state index contributed by atoms with van der Waals surface area (Å²) >= 11 is 0. The van der Waals surface area contributed by atoms with E-state index >= 15 is 0 Å². The van der Waals surface area contributed by atoms with Crippen molar-refractivity contribution in [2.24, 2.45) is 5.92 Å². The van der Waals surface area contributed by atoms with Crippen molar-refractivity contribution in [1.82, 2.24) is 15.1 Å². The molecule has 2 aliphatic rings. The van der Waals surface area contributed by atoms with Gasteiger partial charge in [0.2, 0.25) is 0 Å². The summed E-state index contributed by atoms with van der Waals surface area (Å²) in [5.41, 5.74) is 3.65. The average molecular weight is 371 g/mol. The number of hydrogen-bond donors (Lipinski definition) is 0. The van der Waals surface area contributed by atoms with Crippen LogP contribution in [0.25, 0.3) is 11.3 Å². The first kappa shape index (κ1) is 17.4. The van der Waals surface area contributed by atoms with Crippen molar-refractivity contribution in [2.75, 3.05) is 24.5 Å². The molecule has 1 aromatic heterocycles. The van der Waals surface area contributed by atoms with E-state index in [4.69, 9.17) is 0 Å². The molecule has 2 saturated heterocycles. The zero-order valence-corrected chi connectivity index (χ0v) is 16.3. The number of likely N-dealkylation sites (tertiary alicyclic amines) is 1. The number of hydrogen-bond acceptors (Lipinski definition) is 4. The summed E-state index contributed by atoms with van der Waals surface area (Å²) in [5.74, 6) is 1.68. The fourth-order valence-corrected chi connectivity index (χ4v) is 4.87. The Morgan fingerprint density at radius 1 is 0.929 bits per heavy atom. The largest absolute Gasteiger partial charge is 0.353 e. The van der Waals surface area contributed by atoms with Crippen LogP contribution in [0.15, 0.2) is 72.8 Å². The molecule has 0 N–H and O–H groups in total. The predicted molar refractivity (Wildman–Crippen MR) is 113 cm³/mol. The maximum Gasteiger partial charge on any atom is 0.151 e. The molecule has 4 heteroatoms. The summed E-state index contributed by atoms with van der Waals surface area (Å²) in [4.78, 5) is 5.09. The molecular weight excluding hydrogens is 344 g/mol. The molecule has 0 radical (unpaired) electrons. The van der Waals surface area contributed by atoms with Crippen LogP contribution in [-0.2, 0) is 6.54 Å². The molecule has 0 aliphatic carbocycles. The van der Waals surface area contributed by atoms with Gasteiger partial charge in [-0.25, -0.2) is 0 Å². The first-order valence-corrected chi connectivity index (χ1v) is 10.2. The summed E-state index contributed by atoms with van der Waals surface area (Å²) in [6.07, 6.45) is 1.26. The third kappa shape index (κ3) is 3.08. The highest BCUT2D eigenvalue weighted by Crippen LogP contribution is 2.42. The van der Waals surface area contributed by atoms with Crippen LogP contribution in [0.5, 0.6) is 0 Å². The van der Waals surface area contributed by atoms with E-state index < -0.39 is 0 Å². The molecule has 2 fully saturated rings.